The minimum Gasteiger partial charge on any atom is -0.497 e. The molecule has 0 aromatic heterocycles. The number of ether oxygens (including phenoxy) is 2. The maximum absolute atomic E-state index is 12.6. The Hall–Kier alpha value is -2.08. The molecule has 1 amide bonds. The molecule has 0 radical (unpaired) electrons. The van der Waals surface area contributed by atoms with Crippen LogP contribution in [0.15, 0.2) is 24.3 Å². The number of benzene rings is 1. The molecule has 2 rings (SSSR count). The second-order valence-corrected chi connectivity index (χ2v) is 6.33. The summed E-state index contributed by atoms with van der Waals surface area (Å²) in [5.74, 6) is -0.587. The van der Waals surface area contributed by atoms with Gasteiger partial charge in [0.25, 0.3) is 0 Å². The average Bonchev–Trinajstić information content (AvgIpc) is 2.53. The predicted octanol–water partition coefficient (Wildman–Crippen LogP) is 2.28. The normalized spacial score (nSPS) is 22.0. The van der Waals surface area contributed by atoms with Gasteiger partial charge in [0.2, 0.25) is 5.91 Å². The van der Waals surface area contributed by atoms with Crippen molar-refractivity contribution in [1.82, 2.24) is 4.90 Å². The smallest absolute Gasteiger partial charge is 0.303 e. The van der Waals surface area contributed by atoms with Crippen molar-refractivity contribution in [3.05, 3.63) is 29.8 Å². The Morgan fingerprint density at radius 3 is 2.29 bits per heavy atom. The van der Waals surface area contributed by atoms with E-state index in [0.29, 0.717) is 18.8 Å². The maximum Gasteiger partial charge on any atom is 0.303 e. The summed E-state index contributed by atoms with van der Waals surface area (Å²) in [6, 6.07) is 7.22. The predicted molar refractivity (Wildman–Crippen MR) is 89.2 cm³/mol. The van der Waals surface area contributed by atoms with E-state index in [0.717, 1.165) is 5.56 Å². The first-order valence-electron chi connectivity index (χ1n) is 8.18. The number of hydrogen-bond acceptors (Lipinski definition) is 4. The van der Waals surface area contributed by atoms with Crippen molar-refractivity contribution in [2.45, 2.75) is 44.8 Å². The Balaban J connectivity index is 2.09. The number of carboxylic acids is 1. The number of carbonyl (C=O) groups is 2. The number of morpholine rings is 1. The molecule has 3 atom stereocenters. The lowest BCUT2D eigenvalue weighted by Gasteiger charge is -2.36. The van der Waals surface area contributed by atoms with E-state index in [1.165, 1.54) is 0 Å². The molecule has 1 aromatic carbocycles. The third-order valence-electron chi connectivity index (χ3n) is 4.20. The van der Waals surface area contributed by atoms with Gasteiger partial charge in [-0.05, 0) is 31.5 Å². The number of methoxy groups -OCH3 is 1. The Kier molecular flexibility index (Phi) is 6.20. The van der Waals surface area contributed by atoms with Crippen LogP contribution in [0.4, 0.5) is 0 Å². The fraction of sp³-hybridized carbons (Fsp3) is 0.556. The molecule has 1 aromatic rings. The van der Waals surface area contributed by atoms with Crippen LogP contribution in [0.2, 0.25) is 0 Å². The van der Waals surface area contributed by atoms with Gasteiger partial charge >= 0.3 is 5.97 Å². The van der Waals surface area contributed by atoms with Gasteiger partial charge in [0, 0.05) is 25.4 Å². The van der Waals surface area contributed by atoms with Gasteiger partial charge in [-0.3, -0.25) is 9.59 Å². The van der Waals surface area contributed by atoms with Gasteiger partial charge in [-0.1, -0.05) is 12.1 Å². The van der Waals surface area contributed by atoms with Crippen LogP contribution in [0.1, 0.15) is 38.2 Å². The van der Waals surface area contributed by atoms with Gasteiger partial charge in [0.05, 0.1) is 25.7 Å². The number of rotatable bonds is 6. The van der Waals surface area contributed by atoms with Crippen LogP contribution in [0.3, 0.4) is 0 Å². The molecule has 1 N–H and O–H groups in total. The van der Waals surface area contributed by atoms with Crippen molar-refractivity contribution in [2.24, 2.45) is 0 Å². The highest BCUT2D eigenvalue weighted by molar-refractivity contribution is 5.78. The van der Waals surface area contributed by atoms with Gasteiger partial charge in [-0.25, -0.2) is 0 Å². The summed E-state index contributed by atoms with van der Waals surface area (Å²) < 4.78 is 10.8. The highest BCUT2D eigenvalue weighted by atomic mass is 16.5. The van der Waals surface area contributed by atoms with Gasteiger partial charge in [0.1, 0.15) is 5.75 Å². The minimum absolute atomic E-state index is 0.00314. The number of amides is 1. The molecule has 6 heteroatoms. The number of hydrogen-bond donors (Lipinski definition) is 1. The lowest BCUT2D eigenvalue weighted by molar-refractivity contribution is -0.144. The molecular formula is C18H25NO5. The standard InChI is InChI=1S/C18H25NO5/c1-12-10-19(11-13(2)24-12)17(20)8-15(9-18(21)22)14-4-6-16(23-3)7-5-14/h4-7,12-13,15H,8-11H2,1-3H3,(H,21,22)/t12-,13-,15+/m1/s1. The molecule has 6 nitrogen and oxygen atoms in total. The highest BCUT2D eigenvalue weighted by Gasteiger charge is 2.28. The van der Waals surface area contributed by atoms with Crippen LogP contribution in [0.5, 0.6) is 5.75 Å². The van der Waals surface area contributed by atoms with Crippen molar-refractivity contribution in [3.63, 3.8) is 0 Å². The zero-order chi connectivity index (χ0) is 17.7. The van der Waals surface area contributed by atoms with Crippen molar-refractivity contribution in [1.29, 1.82) is 0 Å². The monoisotopic (exact) mass is 335 g/mol. The first-order valence-corrected chi connectivity index (χ1v) is 8.18. The molecule has 0 aliphatic carbocycles. The van der Waals surface area contributed by atoms with Crippen LogP contribution >= 0.6 is 0 Å². The Morgan fingerprint density at radius 2 is 1.79 bits per heavy atom. The molecule has 1 fully saturated rings. The van der Waals surface area contributed by atoms with Gasteiger partial charge < -0.3 is 19.5 Å². The average molecular weight is 335 g/mol. The molecule has 0 bridgehead atoms. The summed E-state index contributed by atoms with van der Waals surface area (Å²) in [6.07, 6.45) is 0.0965. The number of nitrogens with zero attached hydrogens (tertiary/aromatic N) is 1. The molecule has 132 valence electrons. The maximum atomic E-state index is 12.6. The lowest BCUT2D eigenvalue weighted by Crippen LogP contribution is -2.48. The molecule has 1 aliphatic heterocycles. The third-order valence-corrected chi connectivity index (χ3v) is 4.20. The Labute approximate surface area is 142 Å². The minimum atomic E-state index is -0.910. The van der Waals surface area contributed by atoms with Crippen LogP contribution in [-0.4, -0.2) is 54.3 Å². The summed E-state index contributed by atoms with van der Waals surface area (Å²) in [5, 5.41) is 9.18. The molecule has 0 saturated carbocycles. The van der Waals surface area contributed by atoms with Gasteiger partial charge in [-0.2, -0.15) is 0 Å². The van der Waals surface area contributed by atoms with E-state index in [1.807, 2.05) is 26.0 Å². The molecule has 1 saturated heterocycles. The molecule has 0 unspecified atom stereocenters. The SMILES string of the molecule is COc1ccc([C@H](CC(=O)O)CC(=O)N2C[C@@H](C)O[C@H](C)C2)cc1. The quantitative estimate of drug-likeness (QED) is 0.863. The third kappa shape index (κ3) is 4.96. The fourth-order valence-corrected chi connectivity index (χ4v) is 3.12. The Bertz CT molecular complexity index is 561. The topological polar surface area (TPSA) is 76.1 Å². The zero-order valence-electron chi connectivity index (χ0n) is 14.4. The first-order chi connectivity index (χ1) is 11.4. The summed E-state index contributed by atoms with van der Waals surface area (Å²) in [5.41, 5.74) is 0.834. The van der Waals surface area contributed by atoms with Crippen molar-refractivity contribution < 1.29 is 24.2 Å². The number of carbonyl (C=O) groups excluding carboxylic acids is 1. The summed E-state index contributed by atoms with van der Waals surface area (Å²) in [6.45, 7) is 4.97. The van der Waals surface area contributed by atoms with Crippen LogP contribution in [0.25, 0.3) is 0 Å². The molecule has 1 aliphatic rings. The largest absolute Gasteiger partial charge is 0.497 e. The van der Waals surface area contributed by atoms with E-state index in [1.54, 1.807) is 24.1 Å². The number of aliphatic carboxylic acids is 1. The van der Waals surface area contributed by atoms with Crippen molar-refractivity contribution in [3.8, 4) is 5.75 Å². The molecule has 24 heavy (non-hydrogen) atoms. The van der Waals surface area contributed by atoms with Crippen LogP contribution in [-0.2, 0) is 14.3 Å². The van der Waals surface area contributed by atoms with Crippen molar-refractivity contribution in [2.75, 3.05) is 20.2 Å². The van der Waals surface area contributed by atoms with E-state index in [4.69, 9.17) is 9.47 Å². The van der Waals surface area contributed by atoms with Crippen LogP contribution < -0.4 is 4.74 Å². The summed E-state index contributed by atoms with van der Waals surface area (Å²) in [4.78, 5) is 25.6. The Morgan fingerprint density at radius 1 is 1.21 bits per heavy atom. The first kappa shape index (κ1) is 18.3. The molecule has 0 spiro atoms. The molecule has 1 heterocycles. The van der Waals surface area contributed by atoms with E-state index >= 15 is 0 Å². The zero-order valence-corrected chi connectivity index (χ0v) is 14.4. The number of carboxylic acid groups (broad SMARTS) is 1. The fourth-order valence-electron chi connectivity index (χ4n) is 3.12. The summed E-state index contributed by atoms with van der Waals surface area (Å²) in [7, 11) is 1.58. The second kappa shape index (κ2) is 8.15. The van der Waals surface area contributed by atoms with E-state index in [-0.39, 0.29) is 36.9 Å². The second-order valence-electron chi connectivity index (χ2n) is 6.33. The van der Waals surface area contributed by atoms with Gasteiger partial charge in [-0.15, -0.1) is 0 Å². The summed E-state index contributed by atoms with van der Waals surface area (Å²) >= 11 is 0. The highest BCUT2D eigenvalue weighted by Crippen LogP contribution is 2.27. The van der Waals surface area contributed by atoms with Crippen LogP contribution in [0, 0.1) is 0 Å². The van der Waals surface area contributed by atoms with Crippen molar-refractivity contribution >= 4 is 11.9 Å². The van der Waals surface area contributed by atoms with E-state index in [9.17, 15) is 14.7 Å². The molecular weight excluding hydrogens is 310 g/mol. The van der Waals surface area contributed by atoms with E-state index < -0.39 is 5.97 Å². The van der Waals surface area contributed by atoms with E-state index in [2.05, 4.69) is 0 Å². The van der Waals surface area contributed by atoms with Gasteiger partial charge in [0.15, 0.2) is 0 Å². The lowest BCUT2D eigenvalue weighted by atomic mass is 9.91.